The van der Waals surface area contributed by atoms with Crippen molar-refractivity contribution in [2.75, 3.05) is 6.61 Å². The summed E-state index contributed by atoms with van der Waals surface area (Å²) in [7, 11) is 0. The van der Waals surface area contributed by atoms with Crippen LogP contribution in [0, 0.1) is 56.2 Å². The maximum Gasteiger partial charge on any atom is 0.315 e. The van der Waals surface area contributed by atoms with Gasteiger partial charge in [-0.15, -0.1) is 0 Å². The van der Waals surface area contributed by atoms with Gasteiger partial charge in [-0.3, -0.25) is 9.59 Å². The zero-order chi connectivity index (χ0) is 27.7. The lowest BCUT2D eigenvalue weighted by Gasteiger charge is -2.73. The van der Waals surface area contributed by atoms with E-state index in [9.17, 15) is 19.8 Å². The summed E-state index contributed by atoms with van der Waals surface area (Å²) in [4.78, 5) is 25.6. The third-order valence-corrected chi connectivity index (χ3v) is 14.3. The molecule has 0 aromatic rings. The molecule has 4 saturated carbocycles. The van der Waals surface area contributed by atoms with Crippen LogP contribution < -0.4 is 0 Å². The molecule has 2 N–H and O–H groups in total. The molecule has 0 radical (unpaired) electrons. The van der Waals surface area contributed by atoms with Gasteiger partial charge in [-0.05, 0) is 103 Å². The predicted molar refractivity (Wildman–Crippen MR) is 146 cm³/mol. The number of allylic oxidation sites excluding steroid dienone is 2. The average molecular weight is 527 g/mol. The van der Waals surface area contributed by atoms with Crippen LogP contribution in [-0.4, -0.2) is 34.4 Å². The topological polar surface area (TPSA) is 83.8 Å². The van der Waals surface area contributed by atoms with E-state index in [0.29, 0.717) is 29.1 Å². The minimum atomic E-state index is -1.94. The van der Waals surface area contributed by atoms with Gasteiger partial charge in [-0.25, -0.2) is 0 Å². The van der Waals surface area contributed by atoms with Gasteiger partial charge in [0, 0.05) is 0 Å². The van der Waals surface area contributed by atoms with Crippen LogP contribution in [0.5, 0.6) is 0 Å². The van der Waals surface area contributed by atoms with Crippen LogP contribution in [0.25, 0.3) is 0 Å². The molecule has 5 nitrogen and oxygen atoms in total. The Labute approximate surface area is 229 Å². The standard InChI is InChI=1S/C33H50O5/c1-27(2)12-13-28(3)14-15-30(5)20(21(28)17-27)8-9-24-29(4)18-22-23(35)16-26(36)38-33(22,37)32(7,19-34)25(29)10-11-31(24,30)6/h8,21-22,24-25,34,37H,9-19H2,1-7H3/t21-,22?,24-,25?,28-,29-,30-,31-,32+,33-/m1/s1. The van der Waals surface area contributed by atoms with Crippen molar-refractivity contribution in [3.05, 3.63) is 11.6 Å². The van der Waals surface area contributed by atoms with Crippen molar-refractivity contribution in [1.29, 1.82) is 0 Å². The van der Waals surface area contributed by atoms with E-state index >= 15 is 0 Å². The molecular formula is C33H50O5. The first-order valence-corrected chi connectivity index (χ1v) is 15.3. The number of rotatable bonds is 1. The largest absolute Gasteiger partial charge is 0.431 e. The molecule has 6 rings (SSSR count). The summed E-state index contributed by atoms with van der Waals surface area (Å²) >= 11 is 0. The van der Waals surface area contributed by atoms with Crippen LogP contribution in [0.1, 0.15) is 113 Å². The Morgan fingerprint density at radius 1 is 0.895 bits per heavy atom. The maximum absolute atomic E-state index is 13.3. The molecule has 0 bridgehead atoms. The maximum atomic E-state index is 13.3. The van der Waals surface area contributed by atoms with E-state index in [-0.39, 0.29) is 41.0 Å². The smallest absolute Gasteiger partial charge is 0.315 e. The second kappa shape index (κ2) is 7.75. The van der Waals surface area contributed by atoms with Gasteiger partial charge < -0.3 is 14.9 Å². The SMILES string of the molecule is CC1(C)CC[C@]2(C)CC[C@]3(C)C(=CC[C@@H]4[C@@]5(C)CC6C(=O)CC(=O)O[C@@]6(O)[C@@](C)(CO)C5CC[C@]43C)[C@H]2C1. The molecule has 0 amide bonds. The highest BCUT2D eigenvalue weighted by atomic mass is 16.7. The highest BCUT2D eigenvalue weighted by Crippen LogP contribution is 2.77. The molecule has 5 fully saturated rings. The number of ether oxygens (including phenoxy) is 1. The lowest BCUT2D eigenvalue weighted by atomic mass is 9.32. The molecule has 0 spiro atoms. The first-order valence-electron chi connectivity index (χ1n) is 15.3. The van der Waals surface area contributed by atoms with E-state index < -0.39 is 23.1 Å². The van der Waals surface area contributed by atoms with Gasteiger partial charge in [0.15, 0.2) is 5.78 Å². The van der Waals surface area contributed by atoms with Gasteiger partial charge in [0.2, 0.25) is 5.79 Å². The monoisotopic (exact) mass is 526 g/mol. The molecule has 5 heteroatoms. The number of esters is 1. The third-order valence-electron chi connectivity index (χ3n) is 14.3. The first-order chi connectivity index (χ1) is 17.5. The molecule has 38 heavy (non-hydrogen) atoms. The van der Waals surface area contributed by atoms with E-state index in [1.54, 1.807) is 5.57 Å². The Bertz CT molecular complexity index is 1110. The van der Waals surface area contributed by atoms with Crippen molar-refractivity contribution in [2.45, 2.75) is 118 Å². The molecule has 1 aliphatic heterocycles. The fraction of sp³-hybridized carbons (Fsp3) is 0.879. The summed E-state index contributed by atoms with van der Waals surface area (Å²) in [5.74, 6) is -2.70. The fourth-order valence-electron chi connectivity index (χ4n) is 11.7. The Morgan fingerprint density at radius 3 is 2.26 bits per heavy atom. The van der Waals surface area contributed by atoms with Crippen LogP contribution in [0.15, 0.2) is 11.6 Å². The number of hydrogen-bond acceptors (Lipinski definition) is 5. The molecule has 0 aromatic carbocycles. The molecule has 212 valence electrons. The molecule has 2 unspecified atom stereocenters. The zero-order valence-corrected chi connectivity index (χ0v) is 24.8. The minimum absolute atomic E-state index is 0.0426. The lowest BCUT2D eigenvalue weighted by Crippen LogP contribution is -2.73. The summed E-state index contributed by atoms with van der Waals surface area (Å²) < 4.78 is 5.63. The van der Waals surface area contributed by atoms with Gasteiger partial charge >= 0.3 is 5.97 Å². The van der Waals surface area contributed by atoms with E-state index in [0.717, 1.165) is 19.3 Å². The predicted octanol–water partition coefficient (Wildman–Crippen LogP) is 6.21. The van der Waals surface area contributed by atoms with Gasteiger partial charge in [0.25, 0.3) is 0 Å². The van der Waals surface area contributed by atoms with Gasteiger partial charge in [0.1, 0.15) is 6.42 Å². The molecular weight excluding hydrogens is 476 g/mol. The fourth-order valence-corrected chi connectivity index (χ4v) is 11.7. The van der Waals surface area contributed by atoms with Crippen LogP contribution in [0.2, 0.25) is 0 Å². The molecule has 1 saturated heterocycles. The first kappa shape index (κ1) is 27.0. The second-order valence-corrected chi connectivity index (χ2v) is 16.5. The second-order valence-electron chi connectivity index (χ2n) is 16.5. The van der Waals surface area contributed by atoms with Crippen molar-refractivity contribution in [3.8, 4) is 0 Å². The Hall–Kier alpha value is -1.20. The number of carbonyl (C=O) groups is 2. The summed E-state index contributed by atoms with van der Waals surface area (Å²) in [5, 5.41) is 22.7. The number of ketones is 1. The quantitative estimate of drug-likeness (QED) is 0.241. The van der Waals surface area contributed by atoms with Crippen LogP contribution in [0.4, 0.5) is 0 Å². The minimum Gasteiger partial charge on any atom is -0.431 e. The Balaban J connectivity index is 1.45. The Morgan fingerprint density at radius 2 is 1.58 bits per heavy atom. The number of hydrogen-bond donors (Lipinski definition) is 2. The van der Waals surface area contributed by atoms with Crippen molar-refractivity contribution in [3.63, 3.8) is 0 Å². The van der Waals surface area contributed by atoms with E-state index in [1.807, 2.05) is 6.92 Å². The third kappa shape index (κ3) is 3.07. The lowest BCUT2D eigenvalue weighted by molar-refractivity contribution is -0.351. The Kier molecular flexibility index (Phi) is 5.50. The van der Waals surface area contributed by atoms with Crippen LogP contribution in [0.3, 0.4) is 0 Å². The van der Waals surface area contributed by atoms with E-state index in [4.69, 9.17) is 4.74 Å². The zero-order valence-electron chi connectivity index (χ0n) is 24.8. The molecule has 1 heterocycles. The molecule has 6 aliphatic rings. The summed E-state index contributed by atoms with van der Waals surface area (Å²) in [6, 6.07) is 0. The number of carbonyl (C=O) groups excluding carboxylic acids is 2. The molecule has 5 aliphatic carbocycles. The van der Waals surface area contributed by atoms with Gasteiger partial charge in [0.05, 0.1) is 17.9 Å². The normalized spacial score (nSPS) is 55.3. The summed E-state index contributed by atoms with van der Waals surface area (Å²) in [6.07, 6.45) is 12.1. The van der Waals surface area contributed by atoms with Gasteiger partial charge in [-0.1, -0.05) is 60.1 Å². The van der Waals surface area contributed by atoms with Crippen molar-refractivity contribution < 1.29 is 24.5 Å². The number of aliphatic hydroxyl groups is 2. The number of aliphatic hydroxyl groups excluding tert-OH is 1. The highest BCUT2D eigenvalue weighted by Gasteiger charge is 2.75. The van der Waals surface area contributed by atoms with Crippen molar-refractivity contribution >= 4 is 11.8 Å². The van der Waals surface area contributed by atoms with Crippen molar-refractivity contribution in [2.24, 2.45) is 56.2 Å². The van der Waals surface area contributed by atoms with Crippen molar-refractivity contribution in [1.82, 2.24) is 0 Å². The van der Waals surface area contributed by atoms with Crippen LogP contribution in [-0.2, 0) is 14.3 Å². The summed E-state index contributed by atoms with van der Waals surface area (Å²) in [5.41, 5.74) is 1.32. The number of fused-ring (bicyclic) bond motifs is 8. The molecule has 10 atom stereocenters. The summed E-state index contributed by atoms with van der Waals surface area (Å²) in [6.45, 7) is 16.4. The van der Waals surface area contributed by atoms with Crippen LogP contribution >= 0.6 is 0 Å². The molecule has 0 aromatic heterocycles. The van der Waals surface area contributed by atoms with Gasteiger partial charge in [-0.2, -0.15) is 0 Å². The average Bonchev–Trinajstić information content (AvgIpc) is 2.82. The van der Waals surface area contributed by atoms with E-state index in [2.05, 4.69) is 47.6 Å². The highest BCUT2D eigenvalue weighted by molar-refractivity contribution is 5.99. The van der Waals surface area contributed by atoms with E-state index in [1.165, 1.54) is 32.1 Å². The number of Topliss-reactive ketones (excluding diaryl/α,β-unsaturated/α-hetero) is 1.